The van der Waals surface area contributed by atoms with Crippen molar-refractivity contribution in [1.29, 1.82) is 0 Å². The largest absolute Gasteiger partial charge is 0.516 e. The summed E-state index contributed by atoms with van der Waals surface area (Å²) in [7, 11) is 1.82. The topological polar surface area (TPSA) is 32.3 Å². The number of aliphatic hydroxyl groups excluding tert-OH is 1. The van der Waals surface area contributed by atoms with Crippen LogP contribution in [0.5, 0.6) is 0 Å². The van der Waals surface area contributed by atoms with Crippen molar-refractivity contribution >= 4 is 0 Å². The first-order valence-electron chi connectivity index (χ1n) is 1.85. The lowest BCUT2D eigenvalue weighted by Crippen LogP contribution is -2.03. The van der Waals surface area contributed by atoms with E-state index in [0.717, 1.165) is 12.8 Å². The molecule has 0 aliphatic carbocycles. The second kappa shape index (κ2) is 4.50. The molecule has 0 aromatic rings. The second-order valence-corrected chi connectivity index (χ2v) is 0.942. The third kappa shape index (κ3) is 3.50. The van der Waals surface area contributed by atoms with Crippen LogP contribution in [0.25, 0.3) is 0 Å². The van der Waals surface area contributed by atoms with Crippen LogP contribution in [0.3, 0.4) is 0 Å². The Labute approximate surface area is 37.5 Å². The Bertz CT molecular complexity index is 42.8. The zero-order valence-corrected chi connectivity index (χ0v) is 3.81. The third-order valence-electron chi connectivity index (χ3n) is 0.427. The molecule has 2 nitrogen and oxygen atoms in total. The van der Waals surface area contributed by atoms with Gasteiger partial charge in [0.1, 0.15) is 0 Å². The molecule has 0 unspecified atom stereocenters. The molecule has 0 heterocycles. The number of aliphatic hydroxyl groups is 1. The van der Waals surface area contributed by atoms with Crippen molar-refractivity contribution in [2.24, 2.45) is 0 Å². The zero-order chi connectivity index (χ0) is 4.83. The van der Waals surface area contributed by atoms with Crippen LogP contribution in [0.4, 0.5) is 0 Å². The van der Waals surface area contributed by atoms with E-state index >= 15 is 0 Å². The molecule has 36 valence electrons. The van der Waals surface area contributed by atoms with E-state index in [-0.39, 0.29) is 0 Å². The fourth-order valence-corrected chi connectivity index (χ4v) is 0.171. The number of rotatable bonds is 2. The summed E-state index contributed by atoms with van der Waals surface area (Å²) >= 11 is 0. The molecule has 0 fully saturated rings. The number of likely N-dealkylation sites (N-methyl/N-ethyl adjacent to an activating group) is 1. The molecule has 0 atom stereocenters. The summed E-state index contributed by atoms with van der Waals surface area (Å²) in [6.07, 6.45) is 2.65. The fraction of sp³-hybridized carbons (Fsp3) is 0.500. The quantitative estimate of drug-likeness (QED) is 0.474. The predicted molar refractivity (Wildman–Crippen MR) is 25.7 cm³/mol. The molecule has 0 spiro atoms. The summed E-state index contributed by atoms with van der Waals surface area (Å²) < 4.78 is 0. The average molecular weight is 87.1 g/mol. The van der Waals surface area contributed by atoms with Crippen molar-refractivity contribution in [3.05, 3.63) is 12.3 Å². The van der Waals surface area contributed by atoms with Crippen molar-refractivity contribution < 1.29 is 5.11 Å². The van der Waals surface area contributed by atoms with Gasteiger partial charge < -0.3 is 10.4 Å². The predicted octanol–water partition coefficient (Wildman–Crippen LogP) is 0.278. The summed E-state index contributed by atoms with van der Waals surface area (Å²) in [4.78, 5) is 0. The Morgan fingerprint density at radius 3 is 2.67 bits per heavy atom. The van der Waals surface area contributed by atoms with Gasteiger partial charge in [-0.25, -0.2) is 0 Å². The normalized spacial score (nSPS) is 10.2. The molecular weight excluding hydrogens is 78.0 g/mol. The van der Waals surface area contributed by atoms with Gasteiger partial charge in [0.05, 0.1) is 6.26 Å². The Kier molecular flexibility index (Phi) is 4.12. The molecule has 0 rings (SSSR count). The van der Waals surface area contributed by atoms with E-state index in [1.807, 2.05) is 7.05 Å². The van der Waals surface area contributed by atoms with Crippen LogP contribution in [-0.4, -0.2) is 18.7 Å². The van der Waals surface area contributed by atoms with E-state index in [2.05, 4.69) is 5.32 Å². The highest BCUT2D eigenvalue weighted by Crippen LogP contribution is 1.57. The SMILES string of the molecule is CNC/C=C\O. The smallest absolute Gasteiger partial charge is 0.0764 e. The molecule has 2 N–H and O–H groups in total. The van der Waals surface area contributed by atoms with Crippen LogP contribution in [0.2, 0.25) is 0 Å². The Hall–Kier alpha value is -0.500. The molecule has 0 saturated carbocycles. The highest BCUT2D eigenvalue weighted by atomic mass is 16.2. The van der Waals surface area contributed by atoms with Crippen LogP contribution in [-0.2, 0) is 0 Å². The molecule has 0 aromatic heterocycles. The second-order valence-electron chi connectivity index (χ2n) is 0.942. The molecule has 6 heavy (non-hydrogen) atoms. The van der Waals surface area contributed by atoms with Crippen molar-refractivity contribution in [3.63, 3.8) is 0 Å². The monoisotopic (exact) mass is 87.1 g/mol. The van der Waals surface area contributed by atoms with E-state index in [1.54, 1.807) is 6.08 Å². The summed E-state index contributed by atoms with van der Waals surface area (Å²) in [5, 5.41) is 10.8. The minimum Gasteiger partial charge on any atom is -0.516 e. The molecule has 0 aliphatic rings. The average Bonchev–Trinajstić information content (AvgIpc) is 1.61. The van der Waals surface area contributed by atoms with Crippen LogP contribution >= 0.6 is 0 Å². The first-order valence-corrected chi connectivity index (χ1v) is 1.85. The highest BCUT2D eigenvalue weighted by Gasteiger charge is 1.62. The van der Waals surface area contributed by atoms with Gasteiger partial charge in [0.25, 0.3) is 0 Å². The molecule has 0 saturated heterocycles. The fourth-order valence-electron chi connectivity index (χ4n) is 0.171. The van der Waals surface area contributed by atoms with Crippen molar-refractivity contribution in [1.82, 2.24) is 5.32 Å². The molecule has 0 amide bonds. The minimum atomic E-state index is 0.733. The standard InChI is InChI=1S/C4H9NO/c1-5-3-2-4-6/h2,4-6H,3H2,1H3/b4-2-. The van der Waals surface area contributed by atoms with Gasteiger partial charge in [-0.3, -0.25) is 0 Å². The highest BCUT2D eigenvalue weighted by molar-refractivity contribution is 4.72. The van der Waals surface area contributed by atoms with Gasteiger partial charge in [0, 0.05) is 6.54 Å². The maximum Gasteiger partial charge on any atom is 0.0764 e. The minimum absolute atomic E-state index is 0.733. The van der Waals surface area contributed by atoms with E-state index in [0.29, 0.717) is 0 Å². The Morgan fingerprint density at radius 2 is 2.50 bits per heavy atom. The van der Waals surface area contributed by atoms with E-state index in [9.17, 15) is 0 Å². The van der Waals surface area contributed by atoms with Crippen LogP contribution < -0.4 is 5.32 Å². The van der Waals surface area contributed by atoms with Crippen molar-refractivity contribution in [2.45, 2.75) is 0 Å². The summed E-state index contributed by atoms with van der Waals surface area (Å²) in [5.41, 5.74) is 0. The molecule has 0 bridgehead atoms. The zero-order valence-electron chi connectivity index (χ0n) is 3.81. The van der Waals surface area contributed by atoms with Gasteiger partial charge in [0.15, 0.2) is 0 Å². The Morgan fingerprint density at radius 1 is 1.83 bits per heavy atom. The molecular formula is C4H9NO. The van der Waals surface area contributed by atoms with E-state index in [1.165, 1.54) is 0 Å². The molecule has 0 aliphatic heterocycles. The van der Waals surface area contributed by atoms with Gasteiger partial charge in [0.2, 0.25) is 0 Å². The number of nitrogens with one attached hydrogen (secondary N) is 1. The van der Waals surface area contributed by atoms with E-state index < -0.39 is 0 Å². The third-order valence-corrected chi connectivity index (χ3v) is 0.427. The lowest BCUT2D eigenvalue weighted by atomic mass is 10.6. The van der Waals surface area contributed by atoms with Crippen LogP contribution in [0, 0.1) is 0 Å². The van der Waals surface area contributed by atoms with Gasteiger partial charge in [-0.2, -0.15) is 0 Å². The first-order chi connectivity index (χ1) is 2.91. The number of hydrogen-bond donors (Lipinski definition) is 2. The Balaban J connectivity index is 2.66. The lowest BCUT2D eigenvalue weighted by molar-refractivity contribution is 0.471. The molecule has 0 radical (unpaired) electrons. The van der Waals surface area contributed by atoms with Crippen molar-refractivity contribution in [3.8, 4) is 0 Å². The first kappa shape index (κ1) is 5.50. The number of hydrogen-bond acceptors (Lipinski definition) is 2. The maximum absolute atomic E-state index is 7.98. The van der Waals surface area contributed by atoms with Crippen LogP contribution in [0.1, 0.15) is 0 Å². The summed E-state index contributed by atoms with van der Waals surface area (Å²) in [6.45, 7) is 0.733. The summed E-state index contributed by atoms with van der Waals surface area (Å²) in [5.74, 6) is 0. The van der Waals surface area contributed by atoms with E-state index in [4.69, 9.17) is 5.11 Å². The van der Waals surface area contributed by atoms with Gasteiger partial charge in [-0.05, 0) is 13.1 Å². The van der Waals surface area contributed by atoms with Gasteiger partial charge >= 0.3 is 0 Å². The van der Waals surface area contributed by atoms with Crippen molar-refractivity contribution in [2.75, 3.05) is 13.6 Å². The molecule has 2 heteroatoms. The summed E-state index contributed by atoms with van der Waals surface area (Å²) in [6, 6.07) is 0. The van der Waals surface area contributed by atoms with Gasteiger partial charge in [-0.1, -0.05) is 0 Å². The lowest BCUT2D eigenvalue weighted by Gasteiger charge is -1.81. The van der Waals surface area contributed by atoms with Crippen LogP contribution in [0.15, 0.2) is 12.3 Å². The maximum atomic E-state index is 7.98. The molecule has 0 aromatic carbocycles. The van der Waals surface area contributed by atoms with Gasteiger partial charge in [-0.15, -0.1) is 0 Å².